The van der Waals surface area contributed by atoms with E-state index in [4.69, 9.17) is 0 Å². The van der Waals surface area contributed by atoms with Crippen LogP contribution in [0.4, 0.5) is 0 Å². The molecule has 0 aliphatic carbocycles. The number of benzene rings is 1. The standard InChI is InChI=1S/C16H18N4O/c1-12-8-15(19(2)18-12)9-16(21)13-10-17-20(11-13)14-6-4-3-5-7-14/h3-8,10-11,16,21H,9H2,1-2H3. The lowest BCUT2D eigenvalue weighted by molar-refractivity contribution is 0.176. The van der Waals surface area contributed by atoms with Crippen molar-refractivity contribution in [1.82, 2.24) is 19.6 Å². The molecule has 0 spiro atoms. The largest absolute Gasteiger partial charge is 0.388 e. The zero-order valence-electron chi connectivity index (χ0n) is 12.1. The van der Waals surface area contributed by atoms with Crippen LogP contribution in [0.15, 0.2) is 48.8 Å². The van der Waals surface area contributed by atoms with E-state index in [1.165, 1.54) is 0 Å². The van der Waals surface area contributed by atoms with Gasteiger partial charge in [-0.05, 0) is 25.1 Å². The van der Waals surface area contributed by atoms with Gasteiger partial charge >= 0.3 is 0 Å². The van der Waals surface area contributed by atoms with Crippen LogP contribution in [0.1, 0.15) is 23.1 Å². The van der Waals surface area contributed by atoms with Crippen molar-refractivity contribution in [2.75, 3.05) is 0 Å². The van der Waals surface area contributed by atoms with Gasteiger partial charge in [0.2, 0.25) is 0 Å². The van der Waals surface area contributed by atoms with Crippen LogP contribution < -0.4 is 0 Å². The minimum Gasteiger partial charge on any atom is -0.388 e. The zero-order valence-corrected chi connectivity index (χ0v) is 12.1. The molecule has 0 amide bonds. The quantitative estimate of drug-likeness (QED) is 0.798. The molecule has 108 valence electrons. The third-order valence-electron chi connectivity index (χ3n) is 3.51. The van der Waals surface area contributed by atoms with Crippen LogP contribution in [0, 0.1) is 6.92 Å². The van der Waals surface area contributed by atoms with Crippen LogP contribution in [0.25, 0.3) is 5.69 Å². The van der Waals surface area contributed by atoms with Crippen LogP contribution in [0.2, 0.25) is 0 Å². The number of aryl methyl sites for hydroxylation is 2. The fraction of sp³-hybridized carbons (Fsp3) is 0.250. The van der Waals surface area contributed by atoms with Crippen LogP contribution in [0.5, 0.6) is 0 Å². The molecule has 21 heavy (non-hydrogen) atoms. The Morgan fingerprint density at radius 2 is 2.00 bits per heavy atom. The third kappa shape index (κ3) is 2.87. The van der Waals surface area contributed by atoms with Crippen molar-refractivity contribution in [2.24, 2.45) is 7.05 Å². The summed E-state index contributed by atoms with van der Waals surface area (Å²) in [5, 5.41) is 19.0. The van der Waals surface area contributed by atoms with Gasteiger partial charge in [-0.1, -0.05) is 18.2 Å². The van der Waals surface area contributed by atoms with Gasteiger partial charge in [0.15, 0.2) is 0 Å². The Labute approximate surface area is 123 Å². The SMILES string of the molecule is Cc1cc(CC(O)c2cnn(-c3ccccc3)c2)n(C)n1. The Balaban J connectivity index is 1.78. The second kappa shape index (κ2) is 5.54. The van der Waals surface area contributed by atoms with E-state index in [2.05, 4.69) is 10.2 Å². The number of nitrogens with zero attached hydrogens (tertiary/aromatic N) is 4. The van der Waals surface area contributed by atoms with Crippen molar-refractivity contribution in [1.29, 1.82) is 0 Å². The molecule has 0 aliphatic heterocycles. The highest BCUT2D eigenvalue weighted by molar-refractivity contribution is 5.31. The van der Waals surface area contributed by atoms with Gasteiger partial charge in [-0.2, -0.15) is 10.2 Å². The van der Waals surface area contributed by atoms with Crippen LogP contribution in [-0.2, 0) is 13.5 Å². The molecule has 0 aliphatic rings. The van der Waals surface area contributed by atoms with Gasteiger partial charge < -0.3 is 5.11 Å². The molecule has 0 fully saturated rings. The van der Waals surface area contributed by atoms with Crippen molar-refractivity contribution < 1.29 is 5.11 Å². The summed E-state index contributed by atoms with van der Waals surface area (Å²) >= 11 is 0. The van der Waals surface area contributed by atoms with Crippen molar-refractivity contribution in [3.05, 3.63) is 65.7 Å². The maximum atomic E-state index is 10.4. The number of hydrogen-bond donors (Lipinski definition) is 1. The molecule has 1 N–H and O–H groups in total. The first-order chi connectivity index (χ1) is 10.1. The summed E-state index contributed by atoms with van der Waals surface area (Å²) in [7, 11) is 1.89. The van der Waals surface area contributed by atoms with E-state index in [9.17, 15) is 5.11 Å². The summed E-state index contributed by atoms with van der Waals surface area (Å²) in [6.45, 7) is 1.95. The van der Waals surface area contributed by atoms with Gasteiger partial charge in [0.25, 0.3) is 0 Å². The van der Waals surface area contributed by atoms with Gasteiger partial charge in [0.05, 0.1) is 23.7 Å². The molecule has 2 heterocycles. The van der Waals surface area contributed by atoms with E-state index >= 15 is 0 Å². The van der Waals surface area contributed by atoms with Crippen molar-refractivity contribution in [2.45, 2.75) is 19.4 Å². The first kappa shape index (κ1) is 13.6. The van der Waals surface area contributed by atoms with Gasteiger partial charge in [0.1, 0.15) is 0 Å². The van der Waals surface area contributed by atoms with Gasteiger partial charge in [-0.3, -0.25) is 4.68 Å². The molecule has 1 aromatic carbocycles. The van der Waals surface area contributed by atoms with E-state index in [-0.39, 0.29) is 0 Å². The zero-order chi connectivity index (χ0) is 14.8. The molecular weight excluding hydrogens is 264 g/mol. The number of para-hydroxylation sites is 1. The van der Waals surface area contributed by atoms with E-state index < -0.39 is 6.10 Å². The van der Waals surface area contributed by atoms with Gasteiger partial charge in [-0.25, -0.2) is 4.68 Å². The monoisotopic (exact) mass is 282 g/mol. The molecule has 0 bridgehead atoms. The number of aromatic nitrogens is 4. The fourth-order valence-electron chi connectivity index (χ4n) is 2.40. The topological polar surface area (TPSA) is 55.9 Å². The Kier molecular flexibility index (Phi) is 3.58. The van der Waals surface area contributed by atoms with Crippen molar-refractivity contribution >= 4 is 0 Å². The molecule has 1 unspecified atom stereocenters. The second-order valence-corrected chi connectivity index (χ2v) is 5.17. The molecule has 2 aromatic heterocycles. The van der Waals surface area contributed by atoms with Crippen LogP contribution >= 0.6 is 0 Å². The lowest BCUT2D eigenvalue weighted by Gasteiger charge is -2.08. The molecule has 3 aromatic rings. The lowest BCUT2D eigenvalue weighted by atomic mass is 10.1. The van der Waals surface area contributed by atoms with Crippen molar-refractivity contribution in [3.8, 4) is 5.69 Å². The minimum absolute atomic E-state index is 0.526. The smallest absolute Gasteiger partial charge is 0.0875 e. The van der Waals surface area contributed by atoms with E-state index in [0.717, 1.165) is 22.6 Å². The molecule has 3 rings (SSSR count). The van der Waals surface area contributed by atoms with Crippen LogP contribution in [0.3, 0.4) is 0 Å². The number of aliphatic hydroxyl groups is 1. The first-order valence-electron chi connectivity index (χ1n) is 6.91. The molecule has 5 heteroatoms. The maximum absolute atomic E-state index is 10.4. The van der Waals surface area contributed by atoms with Gasteiger partial charge in [-0.15, -0.1) is 0 Å². The van der Waals surface area contributed by atoms with E-state index in [1.54, 1.807) is 15.6 Å². The fourth-order valence-corrected chi connectivity index (χ4v) is 2.40. The van der Waals surface area contributed by atoms with Gasteiger partial charge in [0, 0.05) is 30.9 Å². The summed E-state index contributed by atoms with van der Waals surface area (Å²) in [4.78, 5) is 0. The Morgan fingerprint density at radius 1 is 1.24 bits per heavy atom. The molecule has 5 nitrogen and oxygen atoms in total. The molecule has 0 saturated heterocycles. The van der Waals surface area contributed by atoms with Crippen molar-refractivity contribution in [3.63, 3.8) is 0 Å². The Morgan fingerprint density at radius 3 is 2.67 bits per heavy atom. The highest BCUT2D eigenvalue weighted by Crippen LogP contribution is 2.19. The maximum Gasteiger partial charge on any atom is 0.0875 e. The molecular formula is C16H18N4O. The first-order valence-corrected chi connectivity index (χ1v) is 6.91. The summed E-state index contributed by atoms with van der Waals surface area (Å²) in [6.07, 6.45) is 3.51. The Bertz CT molecular complexity index is 730. The molecule has 1 atom stereocenters. The minimum atomic E-state index is -0.586. The number of aliphatic hydroxyl groups excluding tert-OH is 1. The average Bonchev–Trinajstić information content (AvgIpc) is 3.07. The van der Waals surface area contributed by atoms with E-state index in [0.29, 0.717) is 6.42 Å². The summed E-state index contributed by atoms with van der Waals surface area (Å²) in [5.41, 5.74) is 3.75. The summed E-state index contributed by atoms with van der Waals surface area (Å²) < 4.78 is 3.58. The summed E-state index contributed by atoms with van der Waals surface area (Å²) in [6, 6.07) is 11.8. The predicted octanol–water partition coefficient (Wildman–Crippen LogP) is 2.19. The Hall–Kier alpha value is -2.40. The second-order valence-electron chi connectivity index (χ2n) is 5.17. The third-order valence-corrected chi connectivity index (χ3v) is 3.51. The molecule has 0 radical (unpaired) electrons. The highest BCUT2D eigenvalue weighted by Gasteiger charge is 2.14. The molecule has 0 saturated carbocycles. The normalized spacial score (nSPS) is 12.5. The average molecular weight is 282 g/mol. The predicted molar refractivity (Wildman–Crippen MR) is 80.2 cm³/mol. The number of hydrogen-bond acceptors (Lipinski definition) is 3. The number of rotatable bonds is 4. The van der Waals surface area contributed by atoms with E-state index in [1.807, 2.05) is 56.6 Å². The lowest BCUT2D eigenvalue weighted by Crippen LogP contribution is -2.05. The van der Waals surface area contributed by atoms with Crippen LogP contribution in [-0.4, -0.2) is 24.7 Å². The highest BCUT2D eigenvalue weighted by atomic mass is 16.3. The summed E-state index contributed by atoms with van der Waals surface area (Å²) in [5.74, 6) is 0.